The van der Waals surface area contributed by atoms with Crippen molar-refractivity contribution in [2.75, 3.05) is 0 Å². The fourth-order valence-corrected chi connectivity index (χ4v) is 1.46. The molecule has 17 heavy (non-hydrogen) atoms. The van der Waals surface area contributed by atoms with Crippen LogP contribution in [0.15, 0.2) is 0 Å². The molecule has 0 fully saturated rings. The smallest absolute Gasteiger partial charge is 0.303 e. The number of rotatable bonds is 8. The second-order valence-corrected chi connectivity index (χ2v) is 5.02. The first kappa shape index (κ1) is 15.9. The first-order valence-corrected chi connectivity index (χ1v) is 6.08. The van der Waals surface area contributed by atoms with Crippen LogP contribution in [-0.4, -0.2) is 28.6 Å². The molecule has 5 heteroatoms. The molecular formula is C12H24N2O3. The third-order valence-corrected chi connectivity index (χ3v) is 2.63. The van der Waals surface area contributed by atoms with Crippen molar-refractivity contribution in [3.05, 3.63) is 0 Å². The first-order valence-electron chi connectivity index (χ1n) is 6.08. The summed E-state index contributed by atoms with van der Waals surface area (Å²) in [4.78, 5) is 22.2. The zero-order valence-electron chi connectivity index (χ0n) is 11.0. The van der Waals surface area contributed by atoms with Crippen molar-refractivity contribution in [3.63, 3.8) is 0 Å². The number of carbonyl (C=O) groups is 2. The Balaban J connectivity index is 4.11. The molecule has 0 aromatic carbocycles. The fraction of sp³-hybridized carbons (Fsp3) is 0.833. The number of unbranched alkanes of at least 4 members (excludes halogenated alkanes) is 1. The second-order valence-electron chi connectivity index (χ2n) is 5.02. The quantitative estimate of drug-likeness (QED) is 0.599. The second kappa shape index (κ2) is 7.27. The van der Waals surface area contributed by atoms with Gasteiger partial charge in [-0.05, 0) is 26.7 Å². The topological polar surface area (TPSA) is 92.4 Å². The summed E-state index contributed by atoms with van der Waals surface area (Å²) in [5, 5.41) is 11.4. The summed E-state index contributed by atoms with van der Waals surface area (Å²) < 4.78 is 0. The maximum Gasteiger partial charge on any atom is 0.303 e. The van der Waals surface area contributed by atoms with Gasteiger partial charge in [-0.15, -0.1) is 0 Å². The lowest BCUT2D eigenvalue weighted by Gasteiger charge is -2.27. The van der Waals surface area contributed by atoms with E-state index in [9.17, 15) is 9.59 Å². The van der Waals surface area contributed by atoms with E-state index in [1.165, 1.54) is 0 Å². The molecule has 0 aromatic heterocycles. The number of amides is 1. The van der Waals surface area contributed by atoms with Gasteiger partial charge in [0.15, 0.2) is 0 Å². The van der Waals surface area contributed by atoms with Crippen LogP contribution in [0.25, 0.3) is 0 Å². The molecule has 0 aliphatic rings. The maximum atomic E-state index is 11.7. The van der Waals surface area contributed by atoms with Crippen molar-refractivity contribution in [3.8, 4) is 0 Å². The minimum atomic E-state index is -0.859. The van der Waals surface area contributed by atoms with Crippen molar-refractivity contribution >= 4 is 11.9 Å². The third-order valence-electron chi connectivity index (χ3n) is 2.63. The molecule has 5 nitrogen and oxygen atoms in total. The van der Waals surface area contributed by atoms with E-state index in [2.05, 4.69) is 5.32 Å². The molecule has 0 saturated carbocycles. The molecule has 0 aliphatic heterocycles. The summed E-state index contributed by atoms with van der Waals surface area (Å²) in [6.07, 6.45) is 3.02. The van der Waals surface area contributed by atoms with Crippen molar-refractivity contribution < 1.29 is 14.7 Å². The Morgan fingerprint density at radius 2 is 2.00 bits per heavy atom. The highest BCUT2D eigenvalue weighted by atomic mass is 16.4. The van der Waals surface area contributed by atoms with E-state index in [0.717, 1.165) is 12.8 Å². The van der Waals surface area contributed by atoms with Crippen molar-refractivity contribution in [2.45, 2.75) is 64.5 Å². The van der Waals surface area contributed by atoms with Crippen LogP contribution in [0.1, 0.15) is 52.9 Å². The lowest BCUT2D eigenvalue weighted by atomic mass is 9.97. The van der Waals surface area contributed by atoms with Gasteiger partial charge in [0.1, 0.15) is 0 Å². The predicted octanol–water partition coefficient (Wildman–Crippen LogP) is 1.26. The van der Waals surface area contributed by atoms with E-state index >= 15 is 0 Å². The molecule has 0 rings (SSSR count). The molecule has 1 amide bonds. The molecule has 1 atom stereocenters. The summed E-state index contributed by atoms with van der Waals surface area (Å²) in [6.45, 7) is 5.65. The number of nitrogens with one attached hydrogen (secondary N) is 1. The summed E-state index contributed by atoms with van der Waals surface area (Å²) >= 11 is 0. The molecule has 4 N–H and O–H groups in total. The highest BCUT2D eigenvalue weighted by Crippen LogP contribution is 2.12. The average Bonchev–Trinajstić information content (AvgIpc) is 2.22. The van der Waals surface area contributed by atoms with Gasteiger partial charge in [0.2, 0.25) is 5.91 Å². The van der Waals surface area contributed by atoms with Crippen LogP contribution in [-0.2, 0) is 9.59 Å². The van der Waals surface area contributed by atoms with Gasteiger partial charge in [-0.3, -0.25) is 9.59 Å². The van der Waals surface area contributed by atoms with E-state index in [1.807, 2.05) is 6.92 Å². The summed E-state index contributed by atoms with van der Waals surface area (Å²) in [6, 6.07) is -0.501. The number of carbonyl (C=O) groups excluding carboxylic acids is 1. The van der Waals surface area contributed by atoms with E-state index in [-0.39, 0.29) is 12.3 Å². The zero-order valence-corrected chi connectivity index (χ0v) is 11.0. The standard InChI is InChI=1S/C12H24N2O3/c1-4-5-6-9(13)11(17)14-12(2,3)8-7-10(15)16/h9H,4-8,13H2,1-3H3,(H,14,17)(H,15,16)/t9-/m0/s1. The monoisotopic (exact) mass is 244 g/mol. The molecule has 0 heterocycles. The Bertz CT molecular complexity index is 264. The van der Waals surface area contributed by atoms with Crippen LogP contribution in [0, 0.1) is 0 Å². The minimum absolute atomic E-state index is 0.0392. The molecule has 0 aliphatic carbocycles. The van der Waals surface area contributed by atoms with E-state index in [0.29, 0.717) is 12.8 Å². The Hall–Kier alpha value is -1.10. The number of aliphatic carboxylic acids is 1. The molecule has 0 saturated heterocycles. The number of hydrogen-bond acceptors (Lipinski definition) is 3. The van der Waals surface area contributed by atoms with Crippen LogP contribution >= 0.6 is 0 Å². The molecule has 0 bridgehead atoms. The van der Waals surface area contributed by atoms with Crippen molar-refractivity contribution in [2.24, 2.45) is 5.73 Å². The van der Waals surface area contributed by atoms with Crippen LogP contribution in [0.3, 0.4) is 0 Å². The SMILES string of the molecule is CCCC[C@H](N)C(=O)NC(C)(C)CCC(=O)O. The van der Waals surface area contributed by atoms with Crippen LogP contribution in [0.5, 0.6) is 0 Å². The number of nitrogens with two attached hydrogens (primary N) is 1. The molecule has 0 aromatic rings. The van der Waals surface area contributed by atoms with Crippen molar-refractivity contribution in [1.82, 2.24) is 5.32 Å². The highest BCUT2D eigenvalue weighted by molar-refractivity contribution is 5.82. The molecular weight excluding hydrogens is 220 g/mol. The van der Waals surface area contributed by atoms with E-state index in [1.54, 1.807) is 13.8 Å². The third kappa shape index (κ3) is 7.74. The zero-order chi connectivity index (χ0) is 13.5. The minimum Gasteiger partial charge on any atom is -0.481 e. The van der Waals surface area contributed by atoms with Gasteiger partial charge >= 0.3 is 5.97 Å². The highest BCUT2D eigenvalue weighted by Gasteiger charge is 2.24. The first-order chi connectivity index (χ1) is 7.78. The van der Waals surface area contributed by atoms with Gasteiger partial charge in [0, 0.05) is 12.0 Å². The summed E-state index contributed by atoms with van der Waals surface area (Å²) in [5.74, 6) is -1.06. The number of carboxylic acids is 1. The molecule has 0 unspecified atom stereocenters. The van der Waals surface area contributed by atoms with Gasteiger partial charge < -0.3 is 16.2 Å². The summed E-state index contributed by atoms with van der Waals surface area (Å²) in [5.41, 5.74) is 5.21. The Morgan fingerprint density at radius 3 is 2.47 bits per heavy atom. The molecule has 100 valence electrons. The Morgan fingerprint density at radius 1 is 1.41 bits per heavy atom. The normalized spacial score (nSPS) is 13.2. The lowest BCUT2D eigenvalue weighted by Crippen LogP contribution is -2.50. The Labute approximate surface area is 103 Å². The van der Waals surface area contributed by atoms with Gasteiger partial charge in [0.05, 0.1) is 6.04 Å². The summed E-state index contributed by atoms with van der Waals surface area (Å²) in [7, 11) is 0. The van der Waals surface area contributed by atoms with Gasteiger partial charge in [-0.2, -0.15) is 0 Å². The average molecular weight is 244 g/mol. The van der Waals surface area contributed by atoms with Gasteiger partial charge in [-0.1, -0.05) is 19.8 Å². The van der Waals surface area contributed by atoms with Crippen LogP contribution in [0.4, 0.5) is 0 Å². The van der Waals surface area contributed by atoms with Crippen LogP contribution in [0.2, 0.25) is 0 Å². The number of hydrogen-bond donors (Lipinski definition) is 3. The van der Waals surface area contributed by atoms with Crippen molar-refractivity contribution in [1.29, 1.82) is 0 Å². The van der Waals surface area contributed by atoms with E-state index < -0.39 is 17.6 Å². The molecule has 0 spiro atoms. The number of carboxylic acid groups (broad SMARTS) is 1. The molecule has 0 radical (unpaired) electrons. The lowest BCUT2D eigenvalue weighted by molar-refractivity contribution is -0.137. The Kier molecular flexibility index (Phi) is 6.80. The van der Waals surface area contributed by atoms with Gasteiger partial charge in [0.25, 0.3) is 0 Å². The van der Waals surface area contributed by atoms with Gasteiger partial charge in [-0.25, -0.2) is 0 Å². The van der Waals surface area contributed by atoms with E-state index in [4.69, 9.17) is 10.8 Å². The fourth-order valence-electron chi connectivity index (χ4n) is 1.46. The predicted molar refractivity (Wildman–Crippen MR) is 66.6 cm³/mol. The van der Waals surface area contributed by atoms with Crippen LogP contribution < -0.4 is 11.1 Å². The largest absolute Gasteiger partial charge is 0.481 e. The maximum absolute atomic E-state index is 11.7.